The van der Waals surface area contributed by atoms with Crippen LogP contribution in [-0.2, 0) is 4.79 Å². The van der Waals surface area contributed by atoms with Crippen LogP contribution in [0, 0.1) is 0 Å². The molecule has 0 saturated heterocycles. The van der Waals surface area contributed by atoms with Gasteiger partial charge in [-0.2, -0.15) is 0 Å². The van der Waals surface area contributed by atoms with Crippen molar-refractivity contribution < 1.29 is 4.79 Å². The van der Waals surface area contributed by atoms with Gasteiger partial charge in [-0.25, -0.2) is 0 Å². The number of carbonyl (C=O) groups is 1. The van der Waals surface area contributed by atoms with E-state index < -0.39 is 0 Å². The topological polar surface area (TPSA) is 32.3 Å². The van der Waals surface area contributed by atoms with Gasteiger partial charge in [0.1, 0.15) is 0 Å². The van der Waals surface area contributed by atoms with Gasteiger partial charge in [0.05, 0.1) is 6.54 Å². The van der Waals surface area contributed by atoms with Crippen molar-refractivity contribution in [3.05, 3.63) is 34.3 Å². The number of rotatable bonds is 5. The quantitative estimate of drug-likeness (QED) is 0.906. The Labute approximate surface area is 111 Å². The Morgan fingerprint density at radius 2 is 2.12 bits per heavy atom. The van der Waals surface area contributed by atoms with Crippen molar-refractivity contribution >= 4 is 21.8 Å². The summed E-state index contributed by atoms with van der Waals surface area (Å²) in [5, 5.41) is 3.23. The molecule has 0 fully saturated rings. The van der Waals surface area contributed by atoms with Crippen molar-refractivity contribution in [2.24, 2.45) is 0 Å². The largest absolute Gasteiger partial charge is 0.345 e. The Hall–Kier alpha value is -0.870. The Bertz CT molecular complexity index is 381. The second kappa shape index (κ2) is 6.77. The lowest BCUT2D eigenvalue weighted by atomic mass is 10.1. The van der Waals surface area contributed by atoms with E-state index in [1.165, 1.54) is 5.56 Å². The van der Waals surface area contributed by atoms with Gasteiger partial charge in [-0.3, -0.25) is 4.79 Å². The molecule has 1 aromatic rings. The van der Waals surface area contributed by atoms with E-state index in [0.717, 1.165) is 11.0 Å². The molecule has 0 aliphatic rings. The number of halogens is 1. The maximum absolute atomic E-state index is 11.6. The Balaban J connectivity index is 2.53. The lowest BCUT2D eigenvalue weighted by Gasteiger charge is -2.19. The smallest absolute Gasteiger partial charge is 0.236 e. The fourth-order valence-corrected chi connectivity index (χ4v) is 2.12. The highest BCUT2D eigenvalue weighted by Crippen LogP contribution is 2.22. The van der Waals surface area contributed by atoms with Crippen molar-refractivity contribution in [3.63, 3.8) is 0 Å². The molecule has 0 heterocycles. The molecule has 0 spiro atoms. The Morgan fingerprint density at radius 3 is 2.71 bits per heavy atom. The first-order valence-corrected chi connectivity index (χ1v) is 6.57. The van der Waals surface area contributed by atoms with Crippen LogP contribution in [0.25, 0.3) is 0 Å². The standard InChI is InChI=1S/C13H19BrN2O/c1-4-16(3)13(17)9-15-10(2)11-7-5-6-8-12(11)14/h5-8,10,15H,4,9H2,1-3H3/t10-/m0/s1. The molecule has 1 aromatic carbocycles. The van der Waals surface area contributed by atoms with E-state index in [1.54, 1.807) is 4.90 Å². The summed E-state index contributed by atoms with van der Waals surface area (Å²) in [6.45, 7) is 5.13. The van der Waals surface area contributed by atoms with Gasteiger partial charge in [-0.15, -0.1) is 0 Å². The van der Waals surface area contributed by atoms with Crippen LogP contribution < -0.4 is 5.32 Å². The summed E-state index contributed by atoms with van der Waals surface area (Å²) in [7, 11) is 1.81. The summed E-state index contributed by atoms with van der Waals surface area (Å²) >= 11 is 3.51. The minimum Gasteiger partial charge on any atom is -0.345 e. The van der Waals surface area contributed by atoms with Crippen LogP contribution >= 0.6 is 15.9 Å². The van der Waals surface area contributed by atoms with E-state index >= 15 is 0 Å². The van der Waals surface area contributed by atoms with Gasteiger partial charge in [-0.1, -0.05) is 34.1 Å². The van der Waals surface area contributed by atoms with Gasteiger partial charge in [0.2, 0.25) is 5.91 Å². The number of benzene rings is 1. The third kappa shape index (κ3) is 4.13. The van der Waals surface area contributed by atoms with Crippen LogP contribution in [0.4, 0.5) is 0 Å². The number of nitrogens with one attached hydrogen (secondary N) is 1. The van der Waals surface area contributed by atoms with Crippen molar-refractivity contribution in [1.82, 2.24) is 10.2 Å². The summed E-state index contributed by atoms with van der Waals surface area (Å²) in [5.41, 5.74) is 1.17. The summed E-state index contributed by atoms with van der Waals surface area (Å²) in [6, 6.07) is 8.19. The first-order chi connectivity index (χ1) is 8.06. The van der Waals surface area contributed by atoms with E-state index in [4.69, 9.17) is 0 Å². The van der Waals surface area contributed by atoms with Gasteiger partial charge in [-0.05, 0) is 25.5 Å². The molecule has 17 heavy (non-hydrogen) atoms. The minimum atomic E-state index is 0.117. The van der Waals surface area contributed by atoms with Crippen molar-refractivity contribution in [2.75, 3.05) is 20.1 Å². The van der Waals surface area contributed by atoms with Gasteiger partial charge in [0.15, 0.2) is 0 Å². The fourth-order valence-electron chi connectivity index (χ4n) is 1.49. The summed E-state index contributed by atoms with van der Waals surface area (Å²) in [5.74, 6) is 0.117. The maximum Gasteiger partial charge on any atom is 0.236 e. The number of nitrogens with zero attached hydrogens (tertiary/aromatic N) is 1. The number of amides is 1. The highest BCUT2D eigenvalue weighted by molar-refractivity contribution is 9.10. The first kappa shape index (κ1) is 14.2. The van der Waals surface area contributed by atoms with Crippen LogP contribution in [0.5, 0.6) is 0 Å². The lowest BCUT2D eigenvalue weighted by Crippen LogP contribution is -2.36. The average Bonchev–Trinajstić information content (AvgIpc) is 2.35. The SMILES string of the molecule is CCN(C)C(=O)CN[C@@H](C)c1ccccc1Br. The average molecular weight is 299 g/mol. The predicted octanol–water partition coefficient (Wildman–Crippen LogP) is 2.58. The molecule has 3 nitrogen and oxygen atoms in total. The molecule has 1 rings (SSSR count). The summed E-state index contributed by atoms with van der Waals surface area (Å²) in [6.07, 6.45) is 0. The molecule has 0 radical (unpaired) electrons. The molecular weight excluding hydrogens is 280 g/mol. The highest BCUT2D eigenvalue weighted by atomic mass is 79.9. The molecule has 0 aliphatic heterocycles. The number of likely N-dealkylation sites (N-methyl/N-ethyl adjacent to an activating group) is 1. The second-order valence-corrected chi connectivity index (χ2v) is 4.89. The molecule has 0 saturated carbocycles. The van der Waals surface area contributed by atoms with Crippen molar-refractivity contribution in [1.29, 1.82) is 0 Å². The van der Waals surface area contributed by atoms with Crippen molar-refractivity contribution in [3.8, 4) is 0 Å². The molecule has 1 amide bonds. The molecule has 4 heteroatoms. The monoisotopic (exact) mass is 298 g/mol. The van der Waals surface area contributed by atoms with Crippen LogP contribution in [0.15, 0.2) is 28.7 Å². The highest BCUT2D eigenvalue weighted by Gasteiger charge is 2.11. The number of carbonyl (C=O) groups excluding carboxylic acids is 1. The molecular formula is C13H19BrN2O. The molecule has 94 valence electrons. The second-order valence-electron chi connectivity index (χ2n) is 4.03. The third-order valence-electron chi connectivity index (χ3n) is 2.83. The van der Waals surface area contributed by atoms with Gasteiger partial charge >= 0.3 is 0 Å². The van der Waals surface area contributed by atoms with Crippen LogP contribution in [0.1, 0.15) is 25.5 Å². The number of hydrogen-bond donors (Lipinski definition) is 1. The molecule has 1 atom stereocenters. The van der Waals surface area contributed by atoms with E-state index in [1.807, 2.05) is 32.2 Å². The first-order valence-electron chi connectivity index (χ1n) is 5.78. The van der Waals surface area contributed by atoms with Crippen LogP contribution in [-0.4, -0.2) is 30.9 Å². The zero-order valence-electron chi connectivity index (χ0n) is 10.5. The van der Waals surface area contributed by atoms with Gasteiger partial charge in [0.25, 0.3) is 0 Å². The number of hydrogen-bond acceptors (Lipinski definition) is 2. The molecule has 1 N–H and O–H groups in total. The Morgan fingerprint density at radius 1 is 1.47 bits per heavy atom. The van der Waals surface area contributed by atoms with Crippen molar-refractivity contribution in [2.45, 2.75) is 19.9 Å². The lowest BCUT2D eigenvalue weighted by molar-refractivity contribution is -0.128. The maximum atomic E-state index is 11.6. The third-order valence-corrected chi connectivity index (χ3v) is 3.55. The molecule has 0 bridgehead atoms. The summed E-state index contributed by atoms with van der Waals surface area (Å²) < 4.78 is 1.07. The van der Waals surface area contributed by atoms with E-state index in [-0.39, 0.29) is 11.9 Å². The predicted molar refractivity (Wildman–Crippen MR) is 73.9 cm³/mol. The normalized spacial score (nSPS) is 12.2. The van der Waals surface area contributed by atoms with E-state index in [9.17, 15) is 4.79 Å². The van der Waals surface area contributed by atoms with E-state index in [0.29, 0.717) is 6.54 Å². The molecule has 0 aromatic heterocycles. The minimum absolute atomic E-state index is 0.117. The van der Waals surface area contributed by atoms with Gasteiger partial charge in [0, 0.05) is 24.1 Å². The van der Waals surface area contributed by atoms with E-state index in [2.05, 4.69) is 34.2 Å². The van der Waals surface area contributed by atoms with Crippen LogP contribution in [0.2, 0.25) is 0 Å². The zero-order chi connectivity index (χ0) is 12.8. The molecule has 0 aliphatic carbocycles. The molecule has 0 unspecified atom stereocenters. The Kier molecular flexibility index (Phi) is 5.65. The van der Waals surface area contributed by atoms with Gasteiger partial charge < -0.3 is 10.2 Å². The fraction of sp³-hybridized carbons (Fsp3) is 0.462. The zero-order valence-corrected chi connectivity index (χ0v) is 12.1. The van der Waals surface area contributed by atoms with Crippen LogP contribution in [0.3, 0.4) is 0 Å². The summed E-state index contributed by atoms with van der Waals surface area (Å²) in [4.78, 5) is 13.4.